The van der Waals surface area contributed by atoms with Gasteiger partial charge in [0.15, 0.2) is 0 Å². The van der Waals surface area contributed by atoms with Gasteiger partial charge >= 0.3 is 0 Å². The molecule has 0 aromatic carbocycles. The van der Waals surface area contributed by atoms with Crippen molar-refractivity contribution in [3.63, 3.8) is 0 Å². The maximum atomic E-state index is 5.79. The molecule has 20 heavy (non-hydrogen) atoms. The Kier molecular flexibility index (Phi) is 3.84. The van der Waals surface area contributed by atoms with Crippen LogP contribution in [0.5, 0.6) is 0 Å². The molecule has 0 N–H and O–H groups in total. The molecule has 2 aromatic heterocycles. The van der Waals surface area contributed by atoms with Crippen LogP contribution >= 0.6 is 0 Å². The Balaban J connectivity index is 1.57. The van der Waals surface area contributed by atoms with E-state index in [1.807, 2.05) is 30.8 Å². The van der Waals surface area contributed by atoms with Gasteiger partial charge < -0.3 is 9.15 Å². The predicted molar refractivity (Wildman–Crippen MR) is 73.2 cm³/mol. The average molecular weight is 276 g/mol. The van der Waals surface area contributed by atoms with Gasteiger partial charge in [-0.2, -0.15) is 5.10 Å². The third-order valence-corrected chi connectivity index (χ3v) is 3.60. The molecule has 0 radical (unpaired) electrons. The smallest absolute Gasteiger partial charge is 0.208 e. The fourth-order valence-corrected chi connectivity index (χ4v) is 2.45. The van der Waals surface area contributed by atoms with Crippen LogP contribution < -0.4 is 0 Å². The van der Waals surface area contributed by atoms with Gasteiger partial charge in [0.1, 0.15) is 5.76 Å². The number of nitrogens with zero attached hydrogens (tertiary/aromatic N) is 4. The third kappa shape index (κ3) is 3.08. The minimum absolute atomic E-state index is 0.167. The fraction of sp³-hybridized carbons (Fsp3) is 0.571. The molecule has 2 aromatic rings. The average Bonchev–Trinajstić information content (AvgIpc) is 3.01. The first-order valence-electron chi connectivity index (χ1n) is 6.95. The van der Waals surface area contributed by atoms with Gasteiger partial charge in [0, 0.05) is 25.5 Å². The van der Waals surface area contributed by atoms with Gasteiger partial charge in [-0.05, 0) is 19.9 Å². The molecule has 3 heterocycles. The van der Waals surface area contributed by atoms with E-state index in [1.165, 1.54) is 0 Å². The van der Waals surface area contributed by atoms with Gasteiger partial charge in [-0.15, -0.1) is 0 Å². The summed E-state index contributed by atoms with van der Waals surface area (Å²) in [5.41, 5.74) is 0.973. The van der Waals surface area contributed by atoms with Crippen LogP contribution in [0.4, 0.5) is 0 Å². The zero-order chi connectivity index (χ0) is 13.9. The molecular formula is C14H20N4O2. The SMILES string of the molecule is Cc1nc(CN2CCOC(Cn3cccn3)C2)oc1C. The lowest BCUT2D eigenvalue weighted by molar-refractivity contribution is -0.0423. The van der Waals surface area contributed by atoms with E-state index in [2.05, 4.69) is 15.0 Å². The number of aromatic nitrogens is 3. The number of morpholine rings is 1. The highest BCUT2D eigenvalue weighted by Gasteiger charge is 2.22. The summed E-state index contributed by atoms with van der Waals surface area (Å²) < 4.78 is 13.4. The highest BCUT2D eigenvalue weighted by molar-refractivity contribution is 5.05. The van der Waals surface area contributed by atoms with Crippen LogP contribution in [0.15, 0.2) is 22.9 Å². The third-order valence-electron chi connectivity index (χ3n) is 3.60. The number of aryl methyl sites for hydroxylation is 2. The van der Waals surface area contributed by atoms with Crippen molar-refractivity contribution < 1.29 is 9.15 Å². The first kappa shape index (κ1) is 13.3. The second-order valence-corrected chi connectivity index (χ2v) is 5.21. The summed E-state index contributed by atoms with van der Waals surface area (Å²) in [6, 6.07) is 1.93. The number of oxazole rings is 1. The van der Waals surface area contributed by atoms with Crippen molar-refractivity contribution in [3.8, 4) is 0 Å². The Morgan fingerprint density at radius 2 is 2.30 bits per heavy atom. The minimum Gasteiger partial charge on any atom is -0.444 e. The predicted octanol–water partition coefficient (Wildman–Crippen LogP) is 1.39. The molecule has 6 heteroatoms. The van der Waals surface area contributed by atoms with Gasteiger partial charge in [0.05, 0.1) is 31.5 Å². The van der Waals surface area contributed by atoms with E-state index >= 15 is 0 Å². The molecule has 1 atom stereocenters. The van der Waals surface area contributed by atoms with Gasteiger partial charge in [-0.25, -0.2) is 4.98 Å². The van der Waals surface area contributed by atoms with Gasteiger partial charge in [-0.3, -0.25) is 9.58 Å². The molecule has 0 aliphatic carbocycles. The number of ether oxygens (including phenoxy) is 1. The van der Waals surface area contributed by atoms with E-state index in [0.29, 0.717) is 0 Å². The Morgan fingerprint density at radius 1 is 1.40 bits per heavy atom. The van der Waals surface area contributed by atoms with Crippen LogP contribution in [0.2, 0.25) is 0 Å². The second kappa shape index (κ2) is 5.76. The van der Waals surface area contributed by atoms with Crippen LogP contribution in [-0.2, 0) is 17.8 Å². The first-order chi connectivity index (χ1) is 9.70. The summed E-state index contributed by atoms with van der Waals surface area (Å²) >= 11 is 0. The number of hydrogen-bond donors (Lipinski definition) is 0. The van der Waals surface area contributed by atoms with E-state index in [-0.39, 0.29) is 6.10 Å². The lowest BCUT2D eigenvalue weighted by atomic mass is 10.2. The Bertz CT molecular complexity index is 530. The molecule has 3 rings (SSSR count). The Labute approximate surface area is 118 Å². The molecule has 0 spiro atoms. The lowest BCUT2D eigenvalue weighted by Crippen LogP contribution is -2.43. The van der Waals surface area contributed by atoms with Crippen LogP contribution in [0.1, 0.15) is 17.3 Å². The molecule has 6 nitrogen and oxygen atoms in total. The van der Waals surface area contributed by atoms with Crippen molar-refractivity contribution in [2.24, 2.45) is 0 Å². The van der Waals surface area contributed by atoms with Crippen molar-refractivity contribution in [3.05, 3.63) is 35.8 Å². The van der Waals surface area contributed by atoms with E-state index < -0.39 is 0 Å². The standard InChI is InChI=1S/C14H20N4O2/c1-11-12(2)20-14(16-11)10-17-6-7-19-13(8-17)9-18-5-3-4-15-18/h3-5,13H,6-10H2,1-2H3. The summed E-state index contributed by atoms with van der Waals surface area (Å²) in [6.45, 7) is 7.98. The van der Waals surface area contributed by atoms with Gasteiger partial charge in [0.2, 0.25) is 5.89 Å². The highest BCUT2D eigenvalue weighted by atomic mass is 16.5. The van der Waals surface area contributed by atoms with E-state index in [4.69, 9.17) is 9.15 Å². The molecule has 1 unspecified atom stereocenters. The van der Waals surface area contributed by atoms with Crippen LogP contribution in [0, 0.1) is 13.8 Å². The van der Waals surface area contributed by atoms with Crippen molar-refractivity contribution in [2.45, 2.75) is 33.0 Å². The highest BCUT2D eigenvalue weighted by Crippen LogP contribution is 2.14. The fourth-order valence-electron chi connectivity index (χ4n) is 2.45. The van der Waals surface area contributed by atoms with Crippen molar-refractivity contribution >= 4 is 0 Å². The molecule has 1 aliphatic heterocycles. The molecule has 0 bridgehead atoms. The molecular weight excluding hydrogens is 256 g/mol. The number of hydrogen-bond acceptors (Lipinski definition) is 5. The summed E-state index contributed by atoms with van der Waals surface area (Å²) in [4.78, 5) is 6.76. The Morgan fingerprint density at radius 3 is 3.00 bits per heavy atom. The van der Waals surface area contributed by atoms with Gasteiger partial charge in [0.25, 0.3) is 0 Å². The lowest BCUT2D eigenvalue weighted by Gasteiger charge is -2.31. The zero-order valence-electron chi connectivity index (χ0n) is 12.0. The maximum absolute atomic E-state index is 5.79. The molecule has 108 valence electrons. The van der Waals surface area contributed by atoms with Crippen LogP contribution in [0.3, 0.4) is 0 Å². The van der Waals surface area contributed by atoms with Gasteiger partial charge in [-0.1, -0.05) is 0 Å². The summed E-state index contributed by atoms with van der Waals surface area (Å²) in [5, 5.41) is 4.22. The second-order valence-electron chi connectivity index (χ2n) is 5.21. The zero-order valence-corrected chi connectivity index (χ0v) is 12.0. The Hall–Kier alpha value is -1.66. The van der Waals surface area contributed by atoms with E-state index in [1.54, 1.807) is 6.20 Å². The first-order valence-corrected chi connectivity index (χ1v) is 6.95. The topological polar surface area (TPSA) is 56.3 Å². The van der Waals surface area contributed by atoms with E-state index in [9.17, 15) is 0 Å². The summed E-state index contributed by atoms with van der Waals surface area (Å²) in [7, 11) is 0. The van der Waals surface area contributed by atoms with Crippen molar-refractivity contribution in [2.75, 3.05) is 19.7 Å². The van der Waals surface area contributed by atoms with Crippen molar-refractivity contribution in [1.82, 2.24) is 19.7 Å². The maximum Gasteiger partial charge on any atom is 0.208 e. The quantitative estimate of drug-likeness (QED) is 0.844. The number of rotatable bonds is 4. The minimum atomic E-state index is 0.167. The van der Waals surface area contributed by atoms with Crippen molar-refractivity contribution in [1.29, 1.82) is 0 Å². The van der Waals surface area contributed by atoms with Crippen LogP contribution in [-0.4, -0.2) is 45.5 Å². The molecule has 1 saturated heterocycles. The molecule has 1 fully saturated rings. The summed E-state index contributed by atoms with van der Waals surface area (Å²) in [6.07, 6.45) is 3.92. The van der Waals surface area contributed by atoms with Crippen LogP contribution in [0.25, 0.3) is 0 Å². The largest absolute Gasteiger partial charge is 0.444 e. The summed E-state index contributed by atoms with van der Waals surface area (Å²) in [5.74, 6) is 1.70. The molecule has 0 amide bonds. The molecule has 1 aliphatic rings. The molecule has 0 saturated carbocycles. The normalized spacial score (nSPS) is 20.4. The monoisotopic (exact) mass is 276 g/mol. The van der Waals surface area contributed by atoms with E-state index in [0.717, 1.165) is 50.1 Å².